The smallest absolute Gasteiger partial charge is 0.336 e. The highest BCUT2D eigenvalue weighted by Crippen LogP contribution is 2.47. The molecule has 1 aliphatic carbocycles. The molecule has 0 bridgehead atoms. The van der Waals surface area contributed by atoms with E-state index in [9.17, 15) is 9.59 Å². The zero-order valence-corrected chi connectivity index (χ0v) is 23.3. The molecule has 6 nitrogen and oxygen atoms in total. The number of carbonyl (C=O) groups is 2. The summed E-state index contributed by atoms with van der Waals surface area (Å²) < 4.78 is 17.5. The monoisotopic (exact) mass is 573 g/mol. The maximum Gasteiger partial charge on any atom is 0.336 e. The number of rotatable bonds is 6. The quantitative estimate of drug-likeness (QED) is 0.399. The number of ether oxygens (including phenoxy) is 3. The van der Waals surface area contributed by atoms with Gasteiger partial charge in [0, 0.05) is 39.9 Å². The first-order valence-corrected chi connectivity index (χ1v) is 12.8. The normalized spacial score (nSPS) is 19.0. The Morgan fingerprint density at radius 3 is 2.53 bits per heavy atom. The molecule has 36 heavy (non-hydrogen) atoms. The summed E-state index contributed by atoms with van der Waals surface area (Å²) >= 11 is 9.53. The summed E-state index contributed by atoms with van der Waals surface area (Å²) in [7, 11) is 2.95. The van der Waals surface area contributed by atoms with Crippen molar-refractivity contribution in [3.8, 4) is 11.5 Å². The van der Waals surface area contributed by atoms with Crippen molar-refractivity contribution in [2.24, 2.45) is 5.41 Å². The van der Waals surface area contributed by atoms with Gasteiger partial charge in [-0.15, -0.1) is 0 Å². The molecule has 0 aromatic heterocycles. The third-order valence-corrected chi connectivity index (χ3v) is 7.41. The van der Waals surface area contributed by atoms with Crippen molar-refractivity contribution >= 4 is 39.3 Å². The first-order valence-electron chi connectivity index (χ1n) is 11.6. The Bertz CT molecular complexity index is 1300. The van der Waals surface area contributed by atoms with Crippen LogP contribution in [-0.2, 0) is 20.9 Å². The average molecular weight is 575 g/mol. The summed E-state index contributed by atoms with van der Waals surface area (Å²) in [5, 5.41) is 3.93. The van der Waals surface area contributed by atoms with Crippen LogP contribution >= 0.6 is 27.5 Å². The molecule has 0 spiro atoms. The van der Waals surface area contributed by atoms with Crippen LogP contribution in [0.5, 0.6) is 11.5 Å². The second-order valence-electron chi connectivity index (χ2n) is 9.86. The number of carbonyl (C=O) groups excluding carboxylic acids is 2. The second kappa shape index (κ2) is 10.3. The minimum absolute atomic E-state index is 0.0337. The van der Waals surface area contributed by atoms with E-state index in [2.05, 4.69) is 35.1 Å². The van der Waals surface area contributed by atoms with Crippen molar-refractivity contribution in [3.05, 3.63) is 79.6 Å². The molecule has 1 heterocycles. The Kier molecular flexibility index (Phi) is 7.53. The fraction of sp³-hybridized carbons (Fsp3) is 0.357. The third-order valence-electron chi connectivity index (χ3n) is 6.56. The summed E-state index contributed by atoms with van der Waals surface area (Å²) in [6.07, 6.45) is 1.13. The van der Waals surface area contributed by atoms with Gasteiger partial charge in [0.1, 0.15) is 18.1 Å². The Morgan fingerprint density at radius 1 is 1.14 bits per heavy atom. The van der Waals surface area contributed by atoms with Crippen LogP contribution in [0.4, 0.5) is 0 Å². The Morgan fingerprint density at radius 2 is 1.86 bits per heavy atom. The highest BCUT2D eigenvalue weighted by molar-refractivity contribution is 9.10. The van der Waals surface area contributed by atoms with E-state index in [-0.39, 0.29) is 17.8 Å². The van der Waals surface area contributed by atoms with Crippen molar-refractivity contribution in [2.45, 2.75) is 46.1 Å². The lowest BCUT2D eigenvalue weighted by Crippen LogP contribution is -2.38. The van der Waals surface area contributed by atoms with E-state index in [0.717, 1.165) is 21.3 Å². The molecule has 0 fully saturated rings. The molecule has 8 heteroatoms. The van der Waals surface area contributed by atoms with Crippen LogP contribution in [0.1, 0.15) is 50.7 Å². The van der Waals surface area contributed by atoms with E-state index in [4.69, 9.17) is 25.8 Å². The summed E-state index contributed by atoms with van der Waals surface area (Å²) in [4.78, 5) is 26.4. The first-order chi connectivity index (χ1) is 17.0. The van der Waals surface area contributed by atoms with Crippen LogP contribution < -0.4 is 14.8 Å². The minimum atomic E-state index is -0.552. The lowest BCUT2D eigenvalue weighted by Gasteiger charge is -2.39. The van der Waals surface area contributed by atoms with E-state index >= 15 is 0 Å². The number of hydrogen-bond donors (Lipinski definition) is 1. The molecule has 1 N–H and O–H groups in total. The maximum absolute atomic E-state index is 13.4. The second-order valence-corrected chi connectivity index (χ2v) is 11.1. The highest BCUT2D eigenvalue weighted by Gasteiger charge is 2.43. The number of esters is 1. The third kappa shape index (κ3) is 5.18. The van der Waals surface area contributed by atoms with Gasteiger partial charge in [-0.05, 0) is 70.6 Å². The number of nitrogens with one attached hydrogen (secondary N) is 1. The van der Waals surface area contributed by atoms with Gasteiger partial charge in [0.25, 0.3) is 0 Å². The molecule has 4 rings (SSSR count). The Balaban J connectivity index is 1.78. The molecule has 0 radical (unpaired) electrons. The predicted molar refractivity (Wildman–Crippen MR) is 142 cm³/mol. The number of benzene rings is 2. The SMILES string of the molecule is COC(=O)C1=C(C)NC2=C(C(=O)CC(C)(C)C2)[C@H]1c1ccc(OC)c(COc2ccc(Cl)cc2Br)c1. The number of Topliss-reactive ketones (excluding diaryl/α,β-unsaturated/α-hetero) is 1. The molecule has 2 aromatic carbocycles. The average Bonchev–Trinajstić information content (AvgIpc) is 2.81. The number of ketones is 1. The van der Waals surface area contributed by atoms with E-state index < -0.39 is 11.9 Å². The van der Waals surface area contributed by atoms with Crippen LogP contribution in [-0.4, -0.2) is 26.0 Å². The summed E-state index contributed by atoms with van der Waals surface area (Å²) in [5.41, 5.74) is 4.02. The molecule has 0 saturated carbocycles. The molecular formula is C28H29BrClNO5. The summed E-state index contributed by atoms with van der Waals surface area (Å²) in [6.45, 7) is 6.22. The molecular weight excluding hydrogens is 546 g/mol. The lowest BCUT2D eigenvalue weighted by atomic mass is 9.68. The summed E-state index contributed by atoms with van der Waals surface area (Å²) in [5.74, 6) is 0.293. The molecule has 1 atom stereocenters. The standard InChI is InChI=1S/C28H29BrClNO5/c1-15-24(27(33)35-5)25(26-20(31-15)12-28(2,3)13-21(26)32)16-6-8-22(34-4)17(10-16)14-36-23-9-7-18(30)11-19(23)29/h6-11,25,31H,12-14H2,1-5H3/t25-/m0/s1. The van der Waals surface area contributed by atoms with Gasteiger partial charge in [-0.1, -0.05) is 31.5 Å². The fourth-order valence-electron chi connectivity index (χ4n) is 4.99. The predicted octanol–water partition coefficient (Wildman–Crippen LogP) is 6.47. The molecule has 190 valence electrons. The van der Waals surface area contributed by atoms with Crippen molar-refractivity contribution in [3.63, 3.8) is 0 Å². The number of methoxy groups -OCH3 is 2. The van der Waals surface area contributed by atoms with Crippen molar-refractivity contribution in [2.75, 3.05) is 14.2 Å². The minimum Gasteiger partial charge on any atom is -0.496 e. The number of dihydropyridines is 1. The van der Waals surface area contributed by atoms with Gasteiger partial charge in [0.05, 0.1) is 24.3 Å². The van der Waals surface area contributed by atoms with Gasteiger partial charge >= 0.3 is 5.97 Å². The fourth-order valence-corrected chi connectivity index (χ4v) is 5.79. The van der Waals surface area contributed by atoms with Gasteiger partial charge < -0.3 is 19.5 Å². The van der Waals surface area contributed by atoms with Crippen LogP contribution in [0.15, 0.2) is 63.4 Å². The largest absolute Gasteiger partial charge is 0.496 e. The van der Waals surface area contributed by atoms with Crippen molar-refractivity contribution in [1.29, 1.82) is 0 Å². The van der Waals surface area contributed by atoms with E-state index in [1.165, 1.54) is 7.11 Å². The number of hydrogen-bond acceptors (Lipinski definition) is 6. The van der Waals surface area contributed by atoms with Crippen LogP contribution in [0.2, 0.25) is 5.02 Å². The van der Waals surface area contributed by atoms with Crippen LogP contribution in [0.3, 0.4) is 0 Å². The molecule has 0 saturated heterocycles. The number of halogens is 2. The summed E-state index contributed by atoms with van der Waals surface area (Å²) in [6, 6.07) is 11.0. The Labute approximate surface area is 224 Å². The molecule has 0 amide bonds. The first kappa shape index (κ1) is 26.3. The maximum atomic E-state index is 13.4. The molecule has 1 aliphatic heterocycles. The van der Waals surface area contributed by atoms with Gasteiger partial charge in [-0.3, -0.25) is 4.79 Å². The topological polar surface area (TPSA) is 73.9 Å². The van der Waals surface area contributed by atoms with Gasteiger partial charge in [0.15, 0.2) is 5.78 Å². The van der Waals surface area contributed by atoms with Gasteiger partial charge in [0.2, 0.25) is 0 Å². The van der Waals surface area contributed by atoms with E-state index in [0.29, 0.717) is 46.2 Å². The zero-order valence-electron chi connectivity index (χ0n) is 21.0. The molecule has 0 unspecified atom stereocenters. The van der Waals surface area contributed by atoms with Gasteiger partial charge in [-0.25, -0.2) is 4.79 Å². The highest BCUT2D eigenvalue weighted by atomic mass is 79.9. The van der Waals surface area contributed by atoms with E-state index in [1.54, 1.807) is 25.3 Å². The van der Waals surface area contributed by atoms with Gasteiger partial charge in [-0.2, -0.15) is 0 Å². The van der Waals surface area contributed by atoms with Crippen LogP contribution in [0.25, 0.3) is 0 Å². The Hall–Kier alpha value is -2.77. The molecule has 2 aliphatic rings. The zero-order chi connectivity index (χ0) is 26.2. The van der Waals surface area contributed by atoms with Crippen LogP contribution in [0, 0.1) is 5.41 Å². The van der Waals surface area contributed by atoms with E-state index in [1.807, 2.05) is 25.1 Å². The lowest BCUT2D eigenvalue weighted by molar-refractivity contribution is -0.136. The molecule has 2 aromatic rings. The van der Waals surface area contributed by atoms with Crippen molar-refractivity contribution in [1.82, 2.24) is 5.32 Å². The number of allylic oxidation sites excluding steroid dienone is 3. The van der Waals surface area contributed by atoms with Crippen molar-refractivity contribution < 1.29 is 23.8 Å².